The molecule has 0 bridgehead atoms. The molecule has 160 valence electrons. The maximum Gasteiger partial charge on any atom is 0.0958 e. The van der Waals surface area contributed by atoms with E-state index in [2.05, 4.69) is 40.7 Å². The molecule has 0 spiro atoms. The van der Waals surface area contributed by atoms with E-state index in [1.54, 1.807) is 0 Å². The van der Waals surface area contributed by atoms with Crippen molar-refractivity contribution in [2.75, 3.05) is 0 Å². The third kappa shape index (κ3) is 10.5. The lowest BCUT2D eigenvalue weighted by molar-refractivity contribution is 0.522. The molecule has 1 aromatic carbocycles. The summed E-state index contributed by atoms with van der Waals surface area (Å²) in [5, 5.41) is 0. The second-order valence-corrected chi connectivity index (χ2v) is 8.23. The summed E-state index contributed by atoms with van der Waals surface area (Å²) in [6, 6.07) is 8.44. The predicted octanol–water partition coefficient (Wildman–Crippen LogP) is 8.72. The van der Waals surface area contributed by atoms with Crippen LogP contribution in [0, 0.1) is 0 Å². The van der Waals surface area contributed by atoms with Crippen molar-refractivity contribution >= 4 is 23.4 Å². The van der Waals surface area contributed by atoms with Crippen LogP contribution in [0.25, 0.3) is 11.0 Å². The van der Waals surface area contributed by atoms with Crippen molar-refractivity contribution in [1.82, 2.24) is 9.55 Å². The lowest BCUT2D eigenvalue weighted by Crippen LogP contribution is -1.95. The Labute approximate surface area is 179 Å². The van der Waals surface area contributed by atoms with Gasteiger partial charge in [0.15, 0.2) is 0 Å². The fraction of sp³-hybridized carbons (Fsp3) is 0.720. The quantitative estimate of drug-likeness (QED) is 0.240. The fourth-order valence-corrected chi connectivity index (χ4v) is 4.02. The zero-order valence-corrected chi connectivity index (χ0v) is 19.0. The Hall–Kier alpha value is -1.02. The summed E-state index contributed by atoms with van der Waals surface area (Å²) in [7, 11) is 0. The highest BCUT2D eigenvalue weighted by Gasteiger charge is 2.00. The van der Waals surface area contributed by atoms with Crippen molar-refractivity contribution in [3.63, 3.8) is 0 Å². The molecule has 0 aliphatic carbocycles. The molecule has 0 atom stereocenters. The van der Waals surface area contributed by atoms with E-state index in [9.17, 15) is 0 Å². The molecule has 0 saturated carbocycles. The van der Waals surface area contributed by atoms with Crippen molar-refractivity contribution in [1.29, 1.82) is 0 Å². The normalized spacial score (nSPS) is 11.0. The predicted molar refractivity (Wildman–Crippen MR) is 127 cm³/mol. The van der Waals surface area contributed by atoms with Gasteiger partial charge in [0.2, 0.25) is 0 Å². The Bertz CT molecular complexity index is 593. The van der Waals surface area contributed by atoms with Crippen LogP contribution < -0.4 is 0 Å². The van der Waals surface area contributed by atoms with Gasteiger partial charge in [0.05, 0.1) is 17.4 Å². The number of aryl methyl sites for hydroxylation is 1. The molecule has 0 N–H and O–H groups in total. The average molecular weight is 407 g/mol. The van der Waals surface area contributed by atoms with Gasteiger partial charge in [-0.3, -0.25) is 0 Å². The molecule has 3 heteroatoms. The third-order valence-electron chi connectivity index (χ3n) is 5.78. The molecule has 2 nitrogen and oxygen atoms in total. The molecule has 0 amide bonds. The first-order valence-corrected chi connectivity index (χ1v) is 11.8. The number of aromatic nitrogens is 2. The van der Waals surface area contributed by atoms with Crippen LogP contribution in [0.4, 0.5) is 0 Å². The molecule has 0 aliphatic rings. The van der Waals surface area contributed by atoms with Crippen molar-refractivity contribution in [2.24, 2.45) is 0 Å². The standard InChI is InChI=1S/C25H42N2.ClH/c1-2-3-4-5-6-7-8-9-10-11-12-13-14-15-16-19-22-27-23-26-24-20-17-18-21-25(24)27;/h17-18,20-21,23H,2-16,19,22H2,1H3;1H. The first kappa shape index (κ1) is 25.0. The van der Waals surface area contributed by atoms with Crippen LogP contribution in [0.3, 0.4) is 0 Å². The second-order valence-electron chi connectivity index (χ2n) is 8.23. The third-order valence-corrected chi connectivity index (χ3v) is 5.78. The van der Waals surface area contributed by atoms with E-state index >= 15 is 0 Å². The summed E-state index contributed by atoms with van der Waals surface area (Å²) in [5.41, 5.74) is 2.40. The van der Waals surface area contributed by atoms with E-state index in [4.69, 9.17) is 0 Å². The first-order valence-electron chi connectivity index (χ1n) is 11.8. The van der Waals surface area contributed by atoms with Crippen molar-refractivity contribution in [2.45, 2.75) is 116 Å². The van der Waals surface area contributed by atoms with Gasteiger partial charge < -0.3 is 4.57 Å². The van der Waals surface area contributed by atoms with Crippen molar-refractivity contribution in [3.05, 3.63) is 30.6 Å². The first-order chi connectivity index (χ1) is 13.4. The van der Waals surface area contributed by atoms with E-state index in [0.717, 1.165) is 12.1 Å². The molecule has 1 heterocycles. The van der Waals surface area contributed by atoms with Gasteiger partial charge in [-0.1, -0.05) is 115 Å². The van der Waals surface area contributed by atoms with Crippen LogP contribution in [0.1, 0.15) is 110 Å². The van der Waals surface area contributed by atoms with Crippen LogP contribution in [0.2, 0.25) is 0 Å². The number of nitrogens with zero attached hydrogens (tertiary/aromatic N) is 2. The van der Waals surface area contributed by atoms with E-state index < -0.39 is 0 Å². The fourth-order valence-electron chi connectivity index (χ4n) is 4.02. The molecular formula is C25H43ClN2. The number of unbranched alkanes of at least 4 members (excludes halogenated alkanes) is 15. The molecule has 28 heavy (non-hydrogen) atoms. The molecule has 1 aromatic heterocycles. The Morgan fingerprint density at radius 2 is 1.11 bits per heavy atom. The van der Waals surface area contributed by atoms with E-state index in [1.807, 2.05) is 6.33 Å². The van der Waals surface area contributed by atoms with Crippen molar-refractivity contribution < 1.29 is 0 Å². The summed E-state index contributed by atoms with van der Waals surface area (Å²) in [6.45, 7) is 3.40. The summed E-state index contributed by atoms with van der Waals surface area (Å²) >= 11 is 0. The molecule has 0 fully saturated rings. The van der Waals surface area contributed by atoms with Gasteiger partial charge in [0.25, 0.3) is 0 Å². The van der Waals surface area contributed by atoms with E-state index in [1.165, 1.54) is 108 Å². The zero-order valence-electron chi connectivity index (χ0n) is 18.2. The minimum atomic E-state index is 0. The van der Waals surface area contributed by atoms with Gasteiger partial charge in [-0.25, -0.2) is 4.98 Å². The van der Waals surface area contributed by atoms with E-state index in [0.29, 0.717) is 0 Å². The van der Waals surface area contributed by atoms with Gasteiger partial charge in [-0.05, 0) is 18.6 Å². The highest BCUT2D eigenvalue weighted by Crippen LogP contribution is 2.15. The highest BCUT2D eigenvalue weighted by molar-refractivity contribution is 5.85. The molecule has 0 aliphatic heterocycles. The minimum absolute atomic E-state index is 0. The maximum absolute atomic E-state index is 4.47. The number of imidazole rings is 1. The number of halogens is 1. The van der Waals surface area contributed by atoms with Crippen LogP contribution in [-0.4, -0.2) is 9.55 Å². The number of benzene rings is 1. The number of hydrogen-bond acceptors (Lipinski definition) is 1. The zero-order chi connectivity index (χ0) is 19.0. The summed E-state index contributed by atoms with van der Waals surface area (Å²) < 4.78 is 2.30. The molecule has 0 saturated heterocycles. The molecule has 2 aromatic rings. The van der Waals surface area contributed by atoms with Gasteiger partial charge in [-0.2, -0.15) is 0 Å². The number of hydrogen-bond donors (Lipinski definition) is 0. The van der Waals surface area contributed by atoms with E-state index in [-0.39, 0.29) is 12.4 Å². The summed E-state index contributed by atoms with van der Waals surface area (Å²) in [5.74, 6) is 0. The number of rotatable bonds is 17. The van der Waals surface area contributed by atoms with Crippen LogP contribution in [0.15, 0.2) is 30.6 Å². The second kappa shape index (κ2) is 16.9. The maximum atomic E-state index is 4.47. The molecular weight excluding hydrogens is 364 g/mol. The SMILES string of the molecule is CCCCCCCCCCCCCCCCCCn1cnc2ccccc21.Cl. The van der Waals surface area contributed by atoms with Crippen LogP contribution in [0.5, 0.6) is 0 Å². The Balaban J connectivity index is 0.00000392. The lowest BCUT2D eigenvalue weighted by atomic mass is 10.0. The summed E-state index contributed by atoms with van der Waals surface area (Å²) in [6.07, 6.45) is 24.8. The highest BCUT2D eigenvalue weighted by atomic mass is 35.5. The Morgan fingerprint density at radius 3 is 1.64 bits per heavy atom. The molecule has 2 rings (SSSR count). The smallest absolute Gasteiger partial charge is 0.0958 e. The Kier molecular flexibility index (Phi) is 15.1. The van der Waals surface area contributed by atoms with Crippen LogP contribution >= 0.6 is 12.4 Å². The van der Waals surface area contributed by atoms with Gasteiger partial charge >= 0.3 is 0 Å². The van der Waals surface area contributed by atoms with Gasteiger partial charge in [0, 0.05) is 6.54 Å². The molecule has 0 unspecified atom stereocenters. The average Bonchev–Trinajstić information content (AvgIpc) is 3.11. The van der Waals surface area contributed by atoms with Crippen LogP contribution in [-0.2, 0) is 6.54 Å². The lowest BCUT2D eigenvalue weighted by Gasteiger charge is -2.05. The number of fused-ring (bicyclic) bond motifs is 1. The van der Waals surface area contributed by atoms with Crippen molar-refractivity contribution in [3.8, 4) is 0 Å². The van der Waals surface area contributed by atoms with Gasteiger partial charge in [-0.15, -0.1) is 12.4 Å². The Morgan fingerprint density at radius 1 is 0.643 bits per heavy atom. The topological polar surface area (TPSA) is 17.8 Å². The summed E-state index contributed by atoms with van der Waals surface area (Å²) in [4.78, 5) is 4.47. The number of para-hydroxylation sites is 2. The molecule has 0 radical (unpaired) electrons. The monoisotopic (exact) mass is 406 g/mol. The largest absolute Gasteiger partial charge is 0.331 e. The van der Waals surface area contributed by atoms with Gasteiger partial charge in [0.1, 0.15) is 0 Å². The minimum Gasteiger partial charge on any atom is -0.331 e.